The minimum Gasteiger partial charge on any atom is -0.480 e. The highest BCUT2D eigenvalue weighted by atomic mass is 35.5. The van der Waals surface area contributed by atoms with E-state index < -0.39 is 6.10 Å². The lowest BCUT2D eigenvalue weighted by atomic mass is 10.1. The first-order valence-corrected chi connectivity index (χ1v) is 4.52. The van der Waals surface area contributed by atoms with Crippen LogP contribution in [-0.2, 0) is 0 Å². The van der Waals surface area contributed by atoms with Crippen LogP contribution in [-0.4, -0.2) is 29.0 Å². The minimum atomic E-state index is -0.719. The van der Waals surface area contributed by atoms with Crippen LogP contribution in [0.2, 0.25) is 5.15 Å². The van der Waals surface area contributed by atoms with Crippen molar-refractivity contribution >= 4 is 11.6 Å². The Morgan fingerprint density at radius 3 is 2.93 bits per heavy atom. The molecule has 1 rings (SSSR count). The van der Waals surface area contributed by atoms with Crippen LogP contribution in [0, 0.1) is 0 Å². The van der Waals surface area contributed by atoms with Gasteiger partial charge in [-0.25, -0.2) is 0 Å². The summed E-state index contributed by atoms with van der Waals surface area (Å²) >= 11 is 5.65. The second kappa shape index (κ2) is 5.09. The smallest absolute Gasteiger partial charge is 0.239 e. The molecule has 3 N–H and O–H groups in total. The molecule has 0 amide bonds. The van der Waals surface area contributed by atoms with E-state index in [1.807, 2.05) is 0 Å². The Morgan fingerprint density at radius 1 is 1.64 bits per heavy atom. The van der Waals surface area contributed by atoms with Gasteiger partial charge in [0.1, 0.15) is 0 Å². The second-order valence-electron chi connectivity index (χ2n) is 2.72. The van der Waals surface area contributed by atoms with Gasteiger partial charge in [-0.05, 0) is 19.0 Å². The third-order valence-corrected chi connectivity index (χ3v) is 1.94. The van der Waals surface area contributed by atoms with Crippen LogP contribution in [0.4, 0.5) is 0 Å². The van der Waals surface area contributed by atoms with Crippen molar-refractivity contribution in [3.05, 3.63) is 16.8 Å². The van der Waals surface area contributed by atoms with Gasteiger partial charge in [0.2, 0.25) is 5.88 Å². The number of methoxy groups -OCH3 is 1. The van der Waals surface area contributed by atoms with Crippen molar-refractivity contribution in [2.45, 2.75) is 12.5 Å². The number of aliphatic hydroxyl groups excluding tert-OH is 1. The fraction of sp³-hybridized carbons (Fsp3) is 0.500. The topological polar surface area (TPSA) is 81.3 Å². The summed E-state index contributed by atoms with van der Waals surface area (Å²) < 4.78 is 4.93. The first-order valence-electron chi connectivity index (χ1n) is 4.14. The Labute approximate surface area is 86.8 Å². The maximum absolute atomic E-state index is 9.67. The molecule has 5 nitrogen and oxygen atoms in total. The van der Waals surface area contributed by atoms with Crippen molar-refractivity contribution in [2.24, 2.45) is 5.73 Å². The molecule has 0 aliphatic heterocycles. The largest absolute Gasteiger partial charge is 0.480 e. The fourth-order valence-electron chi connectivity index (χ4n) is 1.08. The third kappa shape index (κ3) is 2.54. The van der Waals surface area contributed by atoms with Gasteiger partial charge in [0.25, 0.3) is 0 Å². The summed E-state index contributed by atoms with van der Waals surface area (Å²) in [6.07, 6.45) is -0.291. The summed E-state index contributed by atoms with van der Waals surface area (Å²) in [6.45, 7) is 0.379. The van der Waals surface area contributed by atoms with Crippen LogP contribution in [0.3, 0.4) is 0 Å². The molecule has 1 aromatic rings. The van der Waals surface area contributed by atoms with Gasteiger partial charge < -0.3 is 15.6 Å². The van der Waals surface area contributed by atoms with Crippen molar-refractivity contribution in [1.29, 1.82) is 0 Å². The van der Waals surface area contributed by atoms with Crippen molar-refractivity contribution in [3.63, 3.8) is 0 Å². The summed E-state index contributed by atoms with van der Waals surface area (Å²) in [5.41, 5.74) is 5.84. The van der Waals surface area contributed by atoms with E-state index in [-0.39, 0.29) is 11.0 Å². The highest BCUT2D eigenvalue weighted by Gasteiger charge is 2.14. The van der Waals surface area contributed by atoms with Crippen molar-refractivity contribution in [1.82, 2.24) is 10.2 Å². The van der Waals surface area contributed by atoms with E-state index in [0.29, 0.717) is 18.5 Å². The van der Waals surface area contributed by atoms with E-state index >= 15 is 0 Å². The molecule has 1 heterocycles. The summed E-state index contributed by atoms with van der Waals surface area (Å²) in [4.78, 5) is 0. The molecular formula is C8H12ClN3O2. The van der Waals surface area contributed by atoms with Gasteiger partial charge in [0.05, 0.1) is 13.2 Å². The van der Waals surface area contributed by atoms with Crippen molar-refractivity contribution in [3.8, 4) is 5.88 Å². The molecule has 0 aliphatic rings. The molecule has 0 spiro atoms. The molecule has 78 valence electrons. The predicted molar refractivity (Wildman–Crippen MR) is 52.2 cm³/mol. The highest BCUT2D eigenvalue weighted by molar-refractivity contribution is 6.29. The molecule has 1 unspecified atom stereocenters. The number of halogens is 1. The van der Waals surface area contributed by atoms with Crippen LogP contribution >= 0.6 is 11.6 Å². The summed E-state index contributed by atoms with van der Waals surface area (Å²) in [5, 5.41) is 17.2. The maximum Gasteiger partial charge on any atom is 0.239 e. The van der Waals surface area contributed by atoms with Gasteiger partial charge in [-0.1, -0.05) is 11.6 Å². The summed E-state index contributed by atoms with van der Waals surface area (Å²) in [5.74, 6) is 0.273. The van der Waals surface area contributed by atoms with E-state index in [4.69, 9.17) is 22.1 Å². The second-order valence-corrected chi connectivity index (χ2v) is 3.11. The molecule has 0 fully saturated rings. The Hall–Kier alpha value is -0.910. The first-order chi connectivity index (χ1) is 6.69. The van der Waals surface area contributed by atoms with Gasteiger partial charge in [0, 0.05) is 5.56 Å². The minimum absolute atomic E-state index is 0.219. The highest BCUT2D eigenvalue weighted by Crippen LogP contribution is 2.25. The molecule has 0 saturated heterocycles. The number of hydrogen-bond acceptors (Lipinski definition) is 5. The molecule has 0 radical (unpaired) electrons. The van der Waals surface area contributed by atoms with Gasteiger partial charge in [-0.3, -0.25) is 0 Å². The summed E-state index contributed by atoms with van der Waals surface area (Å²) in [6, 6.07) is 1.52. The van der Waals surface area contributed by atoms with Gasteiger partial charge in [-0.15, -0.1) is 10.2 Å². The number of rotatable bonds is 4. The van der Waals surface area contributed by atoms with Gasteiger partial charge in [0.15, 0.2) is 5.15 Å². The van der Waals surface area contributed by atoms with Crippen LogP contribution in [0.25, 0.3) is 0 Å². The number of nitrogens with two attached hydrogens (primary N) is 1. The van der Waals surface area contributed by atoms with E-state index in [2.05, 4.69) is 10.2 Å². The molecular weight excluding hydrogens is 206 g/mol. The fourth-order valence-corrected chi connectivity index (χ4v) is 1.24. The molecule has 0 aromatic carbocycles. The van der Waals surface area contributed by atoms with Crippen LogP contribution in [0.5, 0.6) is 5.88 Å². The third-order valence-electron chi connectivity index (χ3n) is 1.75. The number of aliphatic hydroxyl groups is 1. The zero-order valence-electron chi connectivity index (χ0n) is 7.77. The SMILES string of the molecule is COc1nnc(Cl)cc1C(O)CCN. The van der Waals surface area contributed by atoms with Gasteiger partial charge >= 0.3 is 0 Å². The average molecular weight is 218 g/mol. The lowest BCUT2D eigenvalue weighted by Gasteiger charge is -2.12. The lowest BCUT2D eigenvalue weighted by Crippen LogP contribution is -2.09. The average Bonchev–Trinajstić information content (AvgIpc) is 2.18. The van der Waals surface area contributed by atoms with E-state index in [1.54, 1.807) is 0 Å². The molecule has 0 aliphatic carbocycles. The zero-order valence-corrected chi connectivity index (χ0v) is 8.53. The first kappa shape index (κ1) is 11.2. The van der Waals surface area contributed by atoms with Crippen molar-refractivity contribution < 1.29 is 9.84 Å². The number of ether oxygens (including phenoxy) is 1. The Morgan fingerprint density at radius 2 is 2.36 bits per heavy atom. The molecule has 1 atom stereocenters. The van der Waals surface area contributed by atoms with Crippen molar-refractivity contribution in [2.75, 3.05) is 13.7 Å². The quantitative estimate of drug-likeness (QED) is 0.769. The summed E-state index contributed by atoms with van der Waals surface area (Å²) in [7, 11) is 1.45. The standard InChI is InChI=1S/C8H12ClN3O2/c1-14-8-5(6(13)2-3-10)4-7(9)11-12-8/h4,6,13H,2-3,10H2,1H3. The lowest BCUT2D eigenvalue weighted by molar-refractivity contribution is 0.164. The Kier molecular flexibility index (Phi) is 4.06. The van der Waals surface area contributed by atoms with Gasteiger partial charge in [-0.2, -0.15) is 0 Å². The number of aromatic nitrogens is 2. The molecule has 0 saturated carbocycles. The zero-order chi connectivity index (χ0) is 10.6. The predicted octanol–water partition coefficient (Wildman–Crippen LogP) is 0.521. The molecule has 6 heteroatoms. The Bertz CT molecular complexity index is 309. The van der Waals surface area contributed by atoms with Crippen LogP contribution < -0.4 is 10.5 Å². The van der Waals surface area contributed by atoms with Crippen LogP contribution in [0.15, 0.2) is 6.07 Å². The Balaban J connectivity index is 2.97. The number of nitrogens with zero attached hydrogens (tertiary/aromatic N) is 2. The van der Waals surface area contributed by atoms with E-state index in [0.717, 1.165) is 0 Å². The molecule has 14 heavy (non-hydrogen) atoms. The normalized spacial score (nSPS) is 12.6. The maximum atomic E-state index is 9.67. The monoisotopic (exact) mass is 217 g/mol. The number of hydrogen-bond donors (Lipinski definition) is 2. The van der Waals surface area contributed by atoms with E-state index in [9.17, 15) is 5.11 Å². The van der Waals surface area contributed by atoms with Crippen LogP contribution in [0.1, 0.15) is 18.1 Å². The van der Waals surface area contributed by atoms with E-state index in [1.165, 1.54) is 13.2 Å². The molecule has 1 aromatic heterocycles. The molecule has 0 bridgehead atoms.